The summed E-state index contributed by atoms with van der Waals surface area (Å²) in [5.74, 6) is 0. The van der Waals surface area contributed by atoms with Gasteiger partial charge in [-0.25, -0.2) is 0 Å². The molecule has 7 nitrogen and oxygen atoms in total. The van der Waals surface area contributed by atoms with Gasteiger partial charge in [0.1, 0.15) is 0 Å². The Bertz CT molecular complexity index is 5020. The van der Waals surface area contributed by atoms with E-state index in [0.717, 1.165) is 78.8 Å². The number of aromatic nitrogens is 7. The maximum atomic E-state index is 4.55. The van der Waals surface area contributed by atoms with Crippen LogP contribution < -0.4 is 0 Å². The molecule has 0 saturated carbocycles. The number of pyridine rings is 7. The van der Waals surface area contributed by atoms with E-state index >= 15 is 0 Å². The van der Waals surface area contributed by atoms with Crippen molar-refractivity contribution in [1.29, 1.82) is 0 Å². The Balaban J connectivity index is 0.000000160. The number of rotatable bonds is 9. The second-order valence-corrected chi connectivity index (χ2v) is 23.4. The molecule has 0 spiro atoms. The predicted octanol–water partition coefficient (Wildman–Crippen LogP) is 23.8. The minimum atomic E-state index is 0. The van der Waals surface area contributed by atoms with Gasteiger partial charge in [0.05, 0.1) is 0 Å². The molecule has 18 aromatic rings. The van der Waals surface area contributed by atoms with Gasteiger partial charge >= 0.3 is 0 Å². The third kappa shape index (κ3) is 25.1. The largest absolute Gasteiger partial charge is 0.305 e. The number of hydrogen-bond donors (Lipinski definition) is 0. The van der Waals surface area contributed by atoms with E-state index in [1.165, 1.54) is 49.4 Å². The van der Waals surface area contributed by atoms with Crippen molar-refractivity contribution >= 4 is 21.5 Å². The van der Waals surface area contributed by atoms with Gasteiger partial charge in [0.15, 0.2) is 0 Å². The smallest absolute Gasteiger partial charge is 0.0242 e. The zero-order valence-electron chi connectivity index (χ0n) is 59.1. The zero-order chi connectivity index (χ0) is 71.6. The van der Waals surface area contributed by atoms with E-state index in [1.807, 2.05) is 316 Å². The molecule has 0 saturated heterocycles. The number of benzene rings is 11. The second-order valence-electron chi connectivity index (χ2n) is 23.4. The maximum Gasteiger partial charge on any atom is 0.0242 e. The maximum absolute atomic E-state index is 4.55. The molecule has 0 N–H and O–H groups in total. The average Bonchev–Trinajstić information content (AvgIpc) is 0.802. The third-order valence-electron chi connectivity index (χ3n) is 16.3. The van der Waals surface area contributed by atoms with Crippen molar-refractivity contribution in [2.24, 2.45) is 0 Å². The zero-order valence-corrected chi connectivity index (χ0v) is 68.7. The van der Waals surface area contributed by atoms with Crippen LogP contribution >= 0.6 is 0 Å². The van der Waals surface area contributed by atoms with Crippen LogP contribution in [0.1, 0.15) is 5.56 Å². The summed E-state index contributed by atoms with van der Waals surface area (Å²) in [7, 11) is 0. The number of aryl methyl sites for hydroxylation is 1. The molecule has 0 unspecified atom stereocenters. The topological polar surface area (TPSA) is 90.2 Å². The molecule has 11 heteroatoms. The molecular weight excluding hydrogens is 2040 g/mol. The molecule has 7 aromatic heterocycles. The summed E-state index contributed by atoms with van der Waals surface area (Å²) in [5, 5.41) is 4.77. The fourth-order valence-corrected chi connectivity index (χ4v) is 11.1. The van der Waals surface area contributed by atoms with E-state index < -0.39 is 0 Å². The van der Waals surface area contributed by atoms with Crippen LogP contribution in [0.5, 0.6) is 0 Å². The molecular formula is C98H70Ir4N7-7. The van der Waals surface area contributed by atoms with E-state index in [9.17, 15) is 0 Å². The molecule has 7 heterocycles. The first-order chi connectivity index (χ1) is 52.1. The van der Waals surface area contributed by atoms with Crippen molar-refractivity contribution in [3.63, 3.8) is 0 Å². The fraction of sp³-hybridized carbons (Fsp3) is 0.0102. The standard InChI is InChI=1S/C18H14N.C17H12N.2C15H10N.3C11H8N.4Ir/c1-14-12-18(16-10-6-3-7-11-16)19-13-17(14)15-8-4-2-5-9-15;1-2-6-14(7-3-1)15-9-11-16(12-10-15)17-8-4-5-13-18-17;2*1-2-7-13(8-3-1)15-14-9-5-4-6-12(14)10-11-16-15;3*1-2-6-10(7-3-1)11-8-4-5-9-12-11;;;;/h2-10,12-13H,1H3;1-11,13H;2*1-7,9-11H;3*1-6,8-9H;;;;/q7*-1;;;;. The molecule has 18 rings (SSSR count). The molecule has 0 aliphatic heterocycles. The Labute approximate surface area is 694 Å². The van der Waals surface area contributed by atoms with E-state index in [2.05, 4.69) is 151 Å². The van der Waals surface area contributed by atoms with Crippen LogP contribution in [0.15, 0.2) is 407 Å². The molecule has 0 amide bonds. The van der Waals surface area contributed by atoms with Crippen LogP contribution in [0.4, 0.5) is 0 Å². The summed E-state index contributed by atoms with van der Waals surface area (Å²) in [5.41, 5.74) is 20.1. The van der Waals surface area contributed by atoms with Crippen LogP contribution in [0.25, 0.3) is 123 Å². The van der Waals surface area contributed by atoms with Crippen molar-refractivity contribution in [3.8, 4) is 101 Å². The summed E-state index contributed by atoms with van der Waals surface area (Å²) in [4.78, 5) is 30.4. The molecule has 4 radical (unpaired) electrons. The summed E-state index contributed by atoms with van der Waals surface area (Å²) < 4.78 is 0. The van der Waals surface area contributed by atoms with Gasteiger partial charge in [-0.15, -0.1) is 245 Å². The molecule has 540 valence electrons. The van der Waals surface area contributed by atoms with Gasteiger partial charge < -0.3 is 34.9 Å². The van der Waals surface area contributed by atoms with Crippen molar-refractivity contribution in [1.82, 2.24) is 34.9 Å². The van der Waals surface area contributed by atoms with Crippen LogP contribution in [-0.2, 0) is 80.4 Å². The van der Waals surface area contributed by atoms with Gasteiger partial charge in [0.2, 0.25) is 0 Å². The van der Waals surface area contributed by atoms with Gasteiger partial charge in [-0.1, -0.05) is 175 Å². The number of hydrogen-bond acceptors (Lipinski definition) is 7. The van der Waals surface area contributed by atoms with Gasteiger partial charge in [-0.05, 0) is 116 Å². The number of nitrogens with zero attached hydrogens (tertiary/aromatic N) is 7. The Kier molecular flexibility index (Phi) is 35.1. The first kappa shape index (κ1) is 83.2. The van der Waals surface area contributed by atoms with Gasteiger partial charge in [-0.2, -0.15) is 0 Å². The van der Waals surface area contributed by atoms with Crippen LogP contribution in [0, 0.1) is 49.4 Å². The Morgan fingerprint density at radius 2 is 0.541 bits per heavy atom. The Hall–Kier alpha value is -11.4. The molecule has 0 atom stereocenters. The first-order valence-electron chi connectivity index (χ1n) is 34.3. The normalized spacial score (nSPS) is 9.77. The van der Waals surface area contributed by atoms with E-state index in [-0.39, 0.29) is 80.4 Å². The van der Waals surface area contributed by atoms with Crippen molar-refractivity contribution in [2.75, 3.05) is 0 Å². The minimum Gasteiger partial charge on any atom is -0.305 e. The predicted molar refractivity (Wildman–Crippen MR) is 430 cm³/mol. The molecule has 11 aromatic carbocycles. The SMILES string of the molecule is Cc1cc(-c2[c-]cccc2)ncc1-c1ccccc1.[Ir].[Ir].[Ir].[Ir].[c-]1cc(-c2ccccc2)ccc1-c1ccccn1.[c-]1ccccc1-c1ccccn1.[c-]1ccccc1-c1ccccn1.[c-]1ccccc1-c1ccccn1.[c-]1ccccc1-c1nccc2ccccc12.[c-]1ccccc1-c1nccc2ccccc12. The summed E-state index contributed by atoms with van der Waals surface area (Å²) in [6.45, 7) is 2.12. The van der Waals surface area contributed by atoms with Crippen molar-refractivity contribution in [2.45, 2.75) is 6.92 Å². The van der Waals surface area contributed by atoms with E-state index in [1.54, 1.807) is 24.8 Å². The fourth-order valence-electron chi connectivity index (χ4n) is 11.1. The molecule has 0 fully saturated rings. The first-order valence-corrected chi connectivity index (χ1v) is 34.3. The van der Waals surface area contributed by atoms with Crippen LogP contribution in [0.2, 0.25) is 0 Å². The van der Waals surface area contributed by atoms with E-state index in [0.29, 0.717) is 0 Å². The quantitative estimate of drug-likeness (QED) is 0.133. The Morgan fingerprint density at radius 1 is 0.220 bits per heavy atom. The monoisotopic (exact) mass is 2120 g/mol. The minimum absolute atomic E-state index is 0. The third-order valence-corrected chi connectivity index (χ3v) is 16.3. The van der Waals surface area contributed by atoms with Gasteiger partial charge in [-0.3, -0.25) is 0 Å². The van der Waals surface area contributed by atoms with E-state index in [4.69, 9.17) is 0 Å². The van der Waals surface area contributed by atoms with Crippen LogP contribution in [0.3, 0.4) is 0 Å². The van der Waals surface area contributed by atoms with Gasteiger partial charge in [0, 0.05) is 129 Å². The summed E-state index contributed by atoms with van der Waals surface area (Å²) in [6, 6.07) is 143. The van der Waals surface area contributed by atoms with Crippen molar-refractivity contribution < 1.29 is 80.4 Å². The summed E-state index contributed by atoms with van der Waals surface area (Å²) in [6.07, 6.45) is 12.8. The molecule has 109 heavy (non-hydrogen) atoms. The van der Waals surface area contributed by atoms with Crippen molar-refractivity contribution in [3.05, 3.63) is 455 Å². The molecule has 0 aliphatic carbocycles. The second kappa shape index (κ2) is 45.9. The number of fused-ring (bicyclic) bond motifs is 2. The average molecular weight is 2110 g/mol. The summed E-state index contributed by atoms with van der Waals surface area (Å²) >= 11 is 0. The Morgan fingerprint density at radius 3 is 0.872 bits per heavy atom. The van der Waals surface area contributed by atoms with Crippen LogP contribution in [-0.4, -0.2) is 34.9 Å². The van der Waals surface area contributed by atoms with Gasteiger partial charge in [0.25, 0.3) is 0 Å². The molecule has 0 aliphatic rings. The molecule has 0 bridgehead atoms.